The van der Waals surface area contributed by atoms with Crippen molar-refractivity contribution in [2.24, 2.45) is 0 Å². The largest absolute Gasteiger partial charge is 0.386 e. The van der Waals surface area contributed by atoms with Crippen LogP contribution in [-0.4, -0.2) is 26.0 Å². The highest BCUT2D eigenvalue weighted by molar-refractivity contribution is 7.16. The molecule has 116 valence electrons. The highest BCUT2D eigenvalue weighted by atomic mass is 35.5. The van der Waals surface area contributed by atoms with Crippen LogP contribution in [0, 0.1) is 13.8 Å². The van der Waals surface area contributed by atoms with Crippen LogP contribution in [0.1, 0.15) is 28.1 Å². The second kappa shape index (κ2) is 6.34. The first-order chi connectivity index (χ1) is 10.5. The quantitative estimate of drug-likeness (QED) is 0.752. The molecule has 0 aliphatic carbocycles. The second-order valence-corrected chi connectivity index (χ2v) is 6.96. The molecule has 3 heterocycles. The monoisotopic (exact) mass is 336 g/mol. The summed E-state index contributed by atoms with van der Waals surface area (Å²) in [6.07, 6.45) is 1.26. The Labute approximate surface area is 137 Å². The average molecular weight is 337 g/mol. The van der Waals surface area contributed by atoms with Crippen molar-refractivity contribution in [2.45, 2.75) is 26.5 Å². The Kier molecular flexibility index (Phi) is 4.44. The molecule has 2 N–H and O–H groups in total. The first-order valence-electron chi connectivity index (χ1n) is 6.99. The fourth-order valence-electron chi connectivity index (χ4n) is 2.47. The summed E-state index contributed by atoms with van der Waals surface area (Å²) in [6.45, 7) is 5.07. The van der Waals surface area contributed by atoms with Crippen molar-refractivity contribution in [1.82, 2.24) is 19.7 Å². The Balaban J connectivity index is 1.67. The number of nitrogens with one attached hydrogen (secondary N) is 1. The summed E-state index contributed by atoms with van der Waals surface area (Å²) >= 11 is 7.28. The number of aliphatic hydroxyl groups excluding tert-OH is 1. The van der Waals surface area contributed by atoms with Gasteiger partial charge in [0.15, 0.2) is 0 Å². The van der Waals surface area contributed by atoms with Gasteiger partial charge in [-0.3, -0.25) is 4.40 Å². The van der Waals surface area contributed by atoms with E-state index in [1.54, 1.807) is 6.07 Å². The smallest absolute Gasteiger partial charge is 0.234 e. The molecule has 3 aromatic rings. The van der Waals surface area contributed by atoms with Gasteiger partial charge in [-0.25, -0.2) is 9.97 Å². The molecule has 3 rings (SSSR count). The summed E-state index contributed by atoms with van der Waals surface area (Å²) in [4.78, 5) is 9.61. The van der Waals surface area contributed by atoms with Gasteiger partial charge in [0.05, 0.1) is 16.2 Å². The van der Waals surface area contributed by atoms with Gasteiger partial charge < -0.3 is 10.4 Å². The van der Waals surface area contributed by atoms with Crippen molar-refractivity contribution in [3.8, 4) is 0 Å². The molecule has 1 unspecified atom stereocenters. The number of imidazole rings is 1. The normalized spacial score (nSPS) is 12.9. The number of hydrogen-bond acceptors (Lipinski definition) is 5. The average Bonchev–Trinajstić information content (AvgIpc) is 3.05. The lowest BCUT2D eigenvalue weighted by Gasteiger charge is -2.11. The molecule has 0 saturated heterocycles. The van der Waals surface area contributed by atoms with Crippen LogP contribution >= 0.6 is 22.9 Å². The van der Waals surface area contributed by atoms with E-state index in [2.05, 4.69) is 15.3 Å². The molecule has 0 saturated carbocycles. The number of aryl methyl sites for hydroxylation is 2. The SMILES string of the molecule is Cc1cc(C)n2c(CNCC(O)c3ccc(Cl)s3)cnc2n1. The molecule has 0 bridgehead atoms. The summed E-state index contributed by atoms with van der Waals surface area (Å²) in [6, 6.07) is 5.68. The van der Waals surface area contributed by atoms with E-state index in [9.17, 15) is 5.11 Å². The number of thiophene rings is 1. The summed E-state index contributed by atoms with van der Waals surface area (Å²) in [5.74, 6) is 0.708. The molecule has 3 aromatic heterocycles. The van der Waals surface area contributed by atoms with Gasteiger partial charge in [0, 0.05) is 29.4 Å². The van der Waals surface area contributed by atoms with Gasteiger partial charge in [0.2, 0.25) is 5.78 Å². The zero-order valence-corrected chi connectivity index (χ0v) is 13.9. The van der Waals surface area contributed by atoms with Crippen LogP contribution in [0.3, 0.4) is 0 Å². The van der Waals surface area contributed by atoms with Crippen LogP contribution in [0.4, 0.5) is 0 Å². The second-order valence-electron chi connectivity index (χ2n) is 5.21. The van der Waals surface area contributed by atoms with Crippen molar-refractivity contribution >= 4 is 28.7 Å². The lowest BCUT2D eigenvalue weighted by atomic mass is 10.3. The van der Waals surface area contributed by atoms with E-state index >= 15 is 0 Å². The van der Waals surface area contributed by atoms with Crippen LogP contribution in [0.25, 0.3) is 5.78 Å². The van der Waals surface area contributed by atoms with Crippen molar-refractivity contribution in [3.05, 3.63) is 50.7 Å². The molecule has 0 aliphatic rings. The molecular formula is C15H17ClN4OS. The topological polar surface area (TPSA) is 62.5 Å². The Morgan fingerprint density at radius 1 is 1.41 bits per heavy atom. The zero-order valence-electron chi connectivity index (χ0n) is 12.4. The van der Waals surface area contributed by atoms with Gasteiger partial charge >= 0.3 is 0 Å². The number of fused-ring (bicyclic) bond motifs is 1. The minimum atomic E-state index is -0.557. The third-order valence-corrected chi connectivity index (χ3v) is 4.76. The molecule has 5 nitrogen and oxygen atoms in total. The van der Waals surface area contributed by atoms with Gasteiger partial charge in [0.1, 0.15) is 6.10 Å². The first kappa shape index (κ1) is 15.4. The standard InChI is InChI=1S/C15H17ClN4OS/c1-9-5-10(2)20-11(7-18-15(20)19-9)6-17-8-12(21)13-3-4-14(16)22-13/h3-5,7,12,17,21H,6,8H2,1-2H3. The number of rotatable bonds is 5. The van der Waals surface area contributed by atoms with Crippen LogP contribution < -0.4 is 5.32 Å². The number of aliphatic hydroxyl groups is 1. The zero-order chi connectivity index (χ0) is 15.7. The maximum atomic E-state index is 10.1. The minimum absolute atomic E-state index is 0.461. The predicted molar refractivity (Wildman–Crippen MR) is 88.5 cm³/mol. The van der Waals surface area contributed by atoms with Gasteiger partial charge in [-0.2, -0.15) is 0 Å². The van der Waals surface area contributed by atoms with Crippen molar-refractivity contribution in [3.63, 3.8) is 0 Å². The van der Waals surface area contributed by atoms with Gasteiger partial charge in [-0.15, -0.1) is 11.3 Å². The van der Waals surface area contributed by atoms with Crippen LogP contribution in [-0.2, 0) is 6.54 Å². The molecule has 0 fully saturated rings. The molecule has 7 heteroatoms. The van der Waals surface area contributed by atoms with E-state index < -0.39 is 6.10 Å². The molecule has 0 spiro atoms. The summed E-state index contributed by atoms with van der Waals surface area (Å²) in [5, 5.41) is 13.4. The fraction of sp³-hybridized carbons (Fsp3) is 0.333. The van der Waals surface area contributed by atoms with Crippen LogP contribution in [0.5, 0.6) is 0 Å². The van der Waals surface area contributed by atoms with Gasteiger partial charge in [0.25, 0.3) is 0 Å². The van der Waals surface area contributed by atoms with Crippen molar-refractivity contribution < 1.29 is 5.11 Å². The molecule has 1 atom stereocenters. The predicted octanol–water partition coefficient (Wildman–Crippen LogP) is 2.88. The molecule has 22 heavy (non-hydrogen) atoms. The molecular weight excluding hydrogens is 320 g/mol. The van der Waals surface area contributed by atoms with E-state index in [4.69, 9.17) is 11.6 Å². The summed E-state index contributed by atoms with van der Waals surface area (Å²) in [5.41, 5.74) is 3.08. The van der Waals surface area contributed by atoms with Gasteiger partial charge in [-0.05, 0) is 32.0 Å². The number of aromatic nitrogens is 3. The highest BCUT2D eigenvalue weighted by Crippen LogP contribution is 2.26. The van der Waals surface area contributed by atoms with Crippen LogP contribution in [0.15, 0.2) is 24.4 Å². The fourth-order valence-corrected chi connectivity index (χ4v) is 3.51. The maximum absolute atomic E-state index is 10.1. The first-order valence-corrected chi connectivity index (χ1v) is 8.18. The number of halogens is 1. The third-order valence-electron chi connectivity index (χ3n) is 3.43. The summed E-state index contributed by atoms with van der Waals surface area (Å²) < 4.78 is 2.71. The Morgan fingerprint density at radius 3 is 2.95 bits per heavy atom. The Bertz CT molecular complexity index is 798. The maximum Gasteiger partial charge on any atom is 0.234 e. The molecule has 0 aromatic carbocycles. The Morgan fingerprint density at radius 2 is 2.23 bits per heavy atom. The van der Waals surface area contributed by atoms with E-state index in [1.165, 1.54) is 11.3 Å². The highest BCUT2D eigenvalue weighted by Gasteiger charge is 2.11. The minimum Gasteiger partial charge on any atom is -0.386 e. The van der Waals surface area contributed by atoms with Crippen molar-refractivity contribution in [2.75, 3.05) is 6.54 Å². The number of hydrogen-bond donors (Lipinski definition) is 2. The van der Waals surface area contributed by atoms with E-state index in [-0.39, 0.29) is 0 Å². The summed E-state index contributed by atoms with van der Waals surface area (Å²) in [7, 11) is 0. The molecule has 0 radical (unpaired) electrons. The van der Waals surface area contributed by atoms with Crippen LogP contribution in [0.2, 0.25) is 4.34 Å². The van der Waals surface area contributed by atoms with Gasteiger partial charge in [-0.1, -0.05) is 11.6 Å². The lowest BCUT2D eigenvalue weighted by molar-refractivity contribution is 0.178. The third kappa shape index (κ3) is 3.15. The van der Waals surface area contributed by atoms with E-state index in [1.807, 2.05) is 36.6 Å². The van der Waals surface area contributed by atoms with E-state index in [0.717, 1.165) is 22.0 Å². The Hall–Kier alpha value is -1.47. The molecule has 0 aliphatic heterocycles. The number of nitrogens with zero attached hydrogens (tertiary/aromatic N) is 3. The molecule has 0 amide bonds. The van der Waals surface area contributed by atoms with Crippen molar-refractivity contribution in [1.29, 1.82) is 0 Å². The lowest BCUT2D eigenvalue weighted by Crippen LogP contribution is -2.21. The van der Waals surface area contributed by atoms with E-state index in [0.29, 0.717) is 23.2 Å².